The molecule has 2 rings (SSSR count). The molecule has 0 amide bonds. The molecule has 0 aliphatic heterocycles. The van der Waals surface area contributed by atoms with Gasteiger partial charge in [0.15, 0.2) is 0 Å². The second kappa shape index (κ2) is 5.14. The fourth-order valence-corrected chi connectivity index (χ4v) is 3.00. The number of sulfonamides is 1. The molecule has 0 bridgehead atoms. The number of carboxylic acids is 1. The van der Waals surface area contributed by atoms with Crippen LogP contribution in [0, 0.1) is 6.92 Å². The molecule has 0 atom stereocenters. The Morgan fingerprint density at radius 1 is 1.45 bits per heavy atom. The van der Waals surface area contributed by atoms with Gasteiger partial charge in [-0.3, -0.25) is 0 Å². The van der Waals surface area contributed by atoms with Gasteiger partial charge in [-0.2, -0.15) is 4.31 Å². The molecule has 0 aliphatic rings. The predicted octanol–water partition coefficient (Wildman–Crippen LogP) is 1.70. The lowest BCUT2D eigenvalue weighted by Crippen LogP contribution is -2.26. The smallest absolute Gasteiger partial charge is 0.371 e. The third-order valence-corrected chi connectivity index (χ3v) is 4.64. The third-order valence-electron chi connectivity index (χ3n) is 2.73. The molecule has 1 N–H and O–H groups in total. The number of carbonyl (C=O) groups is 1. The van der Waals surface area contributed by atoms with Crippen LogP contribution in [0.15, 0.2) is 38.2 Å². The van der Waals surface area contributed by atoms with Gasteiger partial charge in [0.25, 0.3) is 0 Å². The van der Waals surface area contributed by atoms with Crippen molar-refractivity contribution in [2.75, 3.05) is 7.05 Å². The molecule has 2 heterocycles. The summed E-state index contributed by atoms with van der Waals surface area (Å²) in [6.45, 7) is 1.45. The summed E-state index contributed by atoms with van der Waals surface area (Å²) in [5, 5.41) is 8.82. The first-order valence-corrected chi connectivity index (χ1v) is 7.09. The Hall–Kier alpha value is -2.06. The monoisotopic (exact) mass is 299 g/mol. The highest BCUT2D eigenvalue weighted by Gasteiger charge is 2.28. The fraction of sp³-hybridized carbons (Fsp3) is 0.250. The van der Waals surface area contributed by atoms with Crippen molar-refractivity contribution in [3.8, 4) is 0 Å². The number of hydrogen-bond donors (Lipinski definition) is 1. The Morgan fingerprint density at radius 2 is 2.15 bits per heavy atom. The number of hydrogen-bond acceptors (Lipinski definition) is 5. The molecule has 0 radical (unpaired) electrons. The van der Waals surface area contributed by atoms with Gasteiger partial charge in [0.1, 0.15) is 16.4 Å². The number of nitrogens with zero attached hydrogens (tertiary/aromatic N) is 1. The summed E-state index contributed by atoms with van der Waals surface area (Å²) < 4.78 is 35.8. The predicted molar refractivity (Wildman–Crippen MR) is 67.8 cm³/mol. The number of aromatic carboxylic acids is 1. The molecule has 0 unspecified atom stereocenters. The lowest BCUT2D eigenvalue weighted by molar-refractivity contribution is 0.0661. The van der Waals surface area contributed by atoms with Gasteiger partial charge in [0.05, 0.1) is 12.8 Å². The lowest BCUT2D eigenvalue weighted by Gasteiger charge is -2.14. The summed E-state index contributed by atoms with van der Waals surface area (Å²) in [5.41, 5.74) is 0. The van der Waals surface area contributed by atoms with Crippen LogP contribution in [-0.4, -0.2) is 30.8 Å². The van der Waals surface area contributed by atoms with Crippen molar-refractivity contribution in [2.45, 2.75) is 18.4 Å². The van der Waals surface area contributed by atoms with Gasteiger partial charge in [0, 0.05) is 13.1 Å². The first-order chi connectivity index (χ1) is 9.32. The topological polar surface area (TPSA) is 101 Å². The Bertz CT molecular complexity index is 713. The van der Waals surface area contributed by atoms with E-state index in [0.29, 0.717) is 5.76 Å². The summed E-state index contributed by atoms with van der Waals surface area (Å²) in [5.74, 6) is -1.21. The van der Waals surface area contributed by atoms with E-state index in [1.807, 2.05) is 0 Å². The van der Waals surface area contributed by atoms with Gasteiger partial charge in [-0.05, 0) is 19.1 Å². The van der Waals surface area contributed by atoms with Gasteiger partial charge >= 0.3 is 5.97 Å². The highest BCUT2D eigenvalue weighted by molar-refractivity contribution is 7.89. The zero-order valence-electron chi connectivity index (χ0n) is 10.9. The van der Waals surface area contributed by atoms with Gasteiger partial charge in [0.2, 0.25) is 15.8 Å². The van der Waals surface area contributed by atoms with Gasteiger partial charge < -0.3 is 13.9 Å². The Labute approximate surface area is 115 Å². The summed E-state index contributed by atoms with van der Waals surface area (Å²) in [6.07, 6.45) is 1.45. The minimum Gasteiger partial charge on any atom is -0.475 e. The van der Waals surface area contributed by atoms with Crippen LogP contribution < -0.4 is 0 Å². The van der Waals surface area contributed by atoms with E-state index in [-0.39, 0.29) is 17.2 Å². The van der Waals surface area contributed by atoms with Crippen molar-refractivity contribution in [3.05, 3.63) is 41.7 Å². The number of aryl methyl sites for hydroxylation is 1. The largest absolute Gasteiger partial charge is 0.475 e. The molecule has 8 heteroatoms. The van der Waals surface area contributed by atoms with E-state index < -0.39 is 21.8 Å². The van der Waals surface area contributed by atoms with Crippen molar-refractivity contribution in [1.29, 1.82) is 0 Å². The maximum atomic E-state index is 12.3. The number of rotatable bonds is 5. The van der Waals surface area contributed by atoms with Crippen LogP contribution in [0.5, 0.6) is 0 Å². The maximum Gasteiger partial charge on any atom is 0.371 e. The van der Waals surface area contributed by atoms with Crippen molar-refractivity contribution in [2.24, 2.45) is 0 Å². The fourth-order valence-electron chi connectivity index (χ4n) is 1.70. The molecular weight excluding hydrogens is 286 g/mol. The molecule has 0 saturated carbocycles. The average Bonchev–Trinajstić information content (AvgIpc) is 2.98. The molecule has 0 aromatic carbocycles. The molecule has 2 aromatic heterocycles. The van der Waals surface area contributed by atoms with Crippen molar-refractivity contribution in [1.82, 2.24) is 4.31 Å². The maximum absolute atomic E-state index is 12.3. The van der Waals surface area contributed by atoms with E-state index in [1.165, 1.54) is 20.2 Å². The number of carboxylic acid groups (broad SMARTS) is 1. The Morgan fingerprint density at radius 3 is 2.65 bits per heavy atom. The zero-order chi connectivity index (χ0) is 14.9. The highest BCUT2D eigenvalue weighted by Crippen LogP contribution is 2.24. The van der Waals surface area contributed by atoms with Crippen molar-refractivity contribution >= 4 is 16.0 Å². The van der Waals surface area contributed by atoms with Crippen LogP contribution >= 0.6 is 0 Å². The average molecular weight is 299 g/mol. The first-order valence-electron chi connectivity index (χ1n) is 5.65. The SMILES string of the molecule is Cc1oc(C(=O)O)cc1S(=O)(=O)N(C)Cc1ccco1. The minimum absolute atomic E-state index is 0.0358. The molecule has 0 fully saturated rings. The standard InChI is InChI=1S/C12H13NO6S/c1-8-11(6-10(19-8)12(14)15)20(16,17)13(2)7-9-4-3-5-18-9/h3-6H,7H2,1-2H3,(H,14,15). The number of furan rings is 2. The van der Waals surface area contributed by atoms with Gasteiger partial charge in [-0.25, -0.2) is 13.2 Å². The van der Waals surface area contributed by atoms with Crippen LogP contribution in [-0.2, 0) is 16.6 Å². The quantitative estimate of drug-likeness (QED) is 0.901. The van der Waals surface area contributed by atoms with Gasteiger partial charge in [-0.1, -0.05) is 0 Å². The van der Waals surface area contributed by atoms with Crippen LogP contribution in [0.2, 0.25) is 0 Å². The molecule has 0 aliphatic carbocycles. The second-order valence-electron chi connectivity index (χ2n) is 4.18. The van der Waals surface area contributed by atoms with Crippen LogP contribution in [0.3, 0.4) is 0 Å². The minimum atomic E-state index is -3.84. The highest BCUT2D eigenvalue weighted by atomic mass is 32.2. The van der Waals surface area contributed by atoms with Gasteiger partial charge in [-0.15, -0.1) is 0 Å². The van der Waals surface area contributed by atoms with E-state index in [9.17, 15) is 13.2 Å². The van der Waals surface area contributed by atoms with Crippen LogP contribution in [0.25, 0.3) is 0 Å². The molecule has 7 nitrogen and oxygen atoms in total. The van der Waals surface area contributed by atoms with E-state index in [2.05, 4.69) is 0 Å². The van der Waals surface area contributed by atoms with E-state index in [1.54, 1.807) is 12.1 Å². The third kappa shape index (κ3) is 2.61. The summed E-state index contributed by atoms with van der Waals surface area (Å²) >= 11 is 0. The Kier molecular flexibility index (Phi) is 3.69. The molecule has 108 valence electrons. The normalized spacial score (nSPS) is 11.9. The van der Waals surface area contributed by atoms with E-state index in [0.717, 1.165) is 10.4 Å². The van der Waals surface area contributed by atoms with Crippen molar-refractivity contribution < 1.29 is 27.2 Å². The lowest BCUT2D eigenvalue weighted by atomic mass is 10.4. The zero-order valence-corrected chi connectivity index (χ0v) is 11.7. The van der Waals surface area contributed by atoms with E-state index in [4.69, 9.17) is 13.9 Å². The summed E-state index contributed by atoms with van der Waals surface area (Å²) in [7, 11) is -2.46. The van der Waals surface area contributed by atoms with Crippen LogP contribution in [0.1, 0.15) is 22.1 Å². The van der Waals surface area contributed by atoms with E-state index >= 15 is 0 Å². The second-order valence-corrected chi connectivity index (χ2v) is 6.19. The van der Waals surface area contributed by atoms with Crippen molar-refractivity contribution in [3.63, 3.8) is 0 Å². The molecular formula is C12H13NO6S. The summed E-state index contributed by atoms with van der Waals surface area (Å²) in [4.78, 5) is 10.6. The molecule has 20 heavy (non-hydrogen) atoms. The Balaban J connectivity index is 2.32. The first kappa shape index (κ1) is 14.4. The molecule has 0 spiro atoms. The molecule has 2 aromatic rings. The molecule has 0 saturated heterocycles. The van der Waals surface area contributed by atoms with Crippen LogP contribution in [0.4, 0.5) is 0 Å². The summed E-state index contributed by atoms with van der Waals surface area (Å²) in [6, 6.07) is 4.31.